The minimum Gasteiger partial charge on any atom is -0.384 e. The van der Waals surface area contributed by atoms with Gasteiger partial charge in [-0.3, -0.25) is 13.7 Å². The topological polar surface area (TPSA) is 107 Å². The lowest BCUT2D eigenvalue weighted by Crippen LogP contribution is -2.27. The summed E-state index contributed by atoms with van der Waals surface area (Å²) in [6, 6.07) is 0. The van der Waals surface area contributed by atoms with Gasteiger partial charge in [-0.2, -0.15) is 0 Å². The molecular weight excluding hydrogens is 552 g/mol. The molecule has 0 bridgehead atoms. The van der Waals surface area contributed by atoms with Crippen LogP contribution in [-0.4, -0.2) is 53.5 Å². The Balaban J connectivity index is 6.11. The van der Waals surface area contributed by atoms with Gasteiger partial charge in [-0.1, -0.05) is 80.1 Å². The lowest BCUT2D eigenvalue weighted by Gasteiger charge is -2.28. The fourth-order valence-electron chi connectivity index (χ4n) is 2.99. The van der Waals surface area contributed by atoms with Gasteiger partial charge in [0.15, 0.2) is 0 Å². The van der Waals surface area contributed by atoms with Crippen LogP contribution in [0.15, 0.2) is 0 Å². The summed E-state index contributed by atoms with van der Waals surface area (Å²) in [5.74, 6) is 0. The second kappa shape index (κ2) is 22.6. The van der Waals surface area contributed by atoms with Crippen LogP contribution >= 0.6 is 22.8 Å². The molecule has 0 aromatic carbocycles. The van der Waals surface area contributed by atoms with Crippen LogP contribution in [0.4, 0.5) is 0 Å². The van der Waals surface area contributed by atoms with Crippen molar-refractivity contribution in [3.8, 4) is 0 Å². The quantitative estimate of drug-likeness (QED) is 0.0513. The van der Waals surface area contributed by atoms with Crippen LogP contribution in [0.5, 0.6) is 0 Å². The summed E-state index contributed by atoms with van der Waals surface area (Å²) in [5, 5.41) is 0. The molecule has 13 heteroatoms. The summed E-state index contributed by atoms with van der Waals surface area (Å²) in [6.07, 6.45) is 9.54. The molecule has 0 aliphatic carbocycles. The van der Waals surface area contributed by atoms with E-state index in [2.05, 4.69) is 0 Å². The highest BCUT2D eigenvalue weighted by Crippen LogP contribution is 2.58. The van der Waals surface area contributed by atoms with E-state index in [1.165, 1.54) is 0 Å². The van der Waals surface area contributed by atoms with Gasteiger partial charge in [-0.15, -0.1) is 0 Å². The highest BCUT2D eigenvalue weighted by Gasteiger charge is 2.50. The highest BCUT2D eigenvalue weighted by atomic mass is 31.2. The van der Waals surface area contributed by atoms with E-state index in [-0.39, 0.29) is 38.3 Å². The Bertz CT molecular complexity index is 606. The van der Waals surface area contributed by atoms with Crippen molar-refractivity contribution in [1.82, 2.24) is 0 Å². The molecule has 37 heavy (non-hydrogen) atoms. The van der Waals surface area contributed by atoms with Crippen molar-refractivity contribution >= 4 is 37.9 Å². The lowest BCUT2D eigenvalue weighted by molar-refractivity contribution is 0.188. The Hall–Kier alpha value is 0.982. The van der Waals surface area contributed by atoms with Crippen LogP contribution in [-0.2, 0) is 38.0 Å². The monoisotopic (exact) mass is 606 g/mol. The van der Waals surface area contributed by atoms with Crippen LogP contribution < -0.4 is 0 Å². The molecule has 0 spiro atoms. The summed E-state index contributed by atoms with van der Waals surface area (Å²) in [5.41, 5.74) is 0. The van der Waals surface area contributed by atoms with E-state index in [9.17, 15) is 13.7 Å². The molecule has 0 saturated carbocycles. The van der Waals surface area contributed by atoms with Gasteiger partial charge < -0.3 is 24.3 Å². The SMILES string of the molecule is CCCCOP(=O)(CCCC)[O][Al]([O]P(=O)(CCCC)OCCCC)[O]P(=O)(CCCC)OCCCC. The van der Waals surface area contributed by atoms with E-state index >= 15 is 0 Å². The molecule has 222 valence electrons. The number of rotatable bonds is 27. The minimum atomic E-state index is -3.65. The van der Waals surface area contributed by atoms with Gasteiger partial charge in [0.2, 0.25) is 0 Å². The maximum atomic E-state index is 13.7. The third-order valence-corrected chi connectivity index (χ3v) is 15.7. The zero-order valence-corrected chi connectivity index (χ0v) is 28.2. The molecule has 3 unspecified atom stereocenters. The lowest BCUT2D eigenvalue weighted by atomic mass is 10.4. The van der Waals surface area contributed by atoms with Crippen molar-refractivity contribution in [1.29, 1.82) is 0 Å². The Morgan fingerprint density at radius 2 is 0.676 bits per heavy atom. The van der Waals surface area contributed by atoms with Crippen LogP contribution in [0.1, 0.15) is 119 Å². The van der Waals surface area contributed by atoms with E-state index in [1.54, 1.807) is 0 Å². The van der Waals surface area contributed by atoms with Gasteiger partial charge >= 0.3 is 37.9 Å². The fourth-order valence-corrected chi connectivity index (χ4v) is 13.4. The Kier molecular flexibility index (Phi) is 23.2. The zero-order chi connectivity index (χ0) is 28.0. The third-order valence-electron chi connectivity index (χ3n) is 5.45. The standard InChI is InChI=1S/3C8H19O3P.Al/c3*1-3-5-7-11-12(9,10)8-6-4-2;/h3*3-8H2,1-2H3,(H,9,10);/q;;;+3/p-3. The smallest absolute Gasteiger partial charge is 0.384 e. The first-order valence-corrected chi connectivity index (χ1v) is 21.0. The molecule has 9 nitrogen and oxygen atoms in total. The molecule has 0 heterocycles. The summed E-state index contributed by atoms with van der Waals surface area (Å²) in [7, 11) is -11.0. The molecule has 0 aliphatic heterocycles. The van der Waals surface area contributed by atoms with Gasteiger partial charge in [0.05, 0.1) is 19.8 Å². The number of hydrogen-bond acceptors (Lipinski definition) is 9. The average Bonchev–Trinajstić information content (AvgIpc) is 2.85. The average molecular weight is 607 g/mol. The first-order valence-electron chi connectivity index (χ1n) is 14.4. The molecule has 0 aromatic heterocycles. The van der Waals surface area contributed by atoms with Gasteiger partial charge in [0, 0.05) is 18.5 Å². The first kappa shape index (κ1) is 38.0. The Morgan fingerprint density at radius 1 is 0.432 bits per heavy atom. The normalized spacial score (nSPS) is 16.7. The predicted octanol–water partition coefficient (Wildman–Crippen LogP) is 9.45. The molecule has 3 atom stereocenters. The van der Waals surface area contributed by atoms with Crippen LogP contribution in [0.2, 0.25) is 0 Å². The van der Waals surface area contributed by atoms with E-state index in [1.807, 2.05) is 41.5 Å². The minimum absolute atomic E-state index is 0.176. The van der Waals surface area contributed by atoms with E-state index in [0.717, 1.165) is 57.8 Å². The maximum Gasteiger partial charge on any atom is 0.926 e. The highest BCUT2D eigenvalue weighted by molar-refractivity contribution is 7.58. The summed E-state index contributed by atoms with van der Waals surface area (Å²) in [6.45, 7) is 12.8. The van der Waals surface area contributed by atoms with Crippen LogP contribution in [0.25, 0.3) is 0 Å². The van der Waals surface area contributed by atoms with Crippen molar-refractivity contribution in [2.75, 3.05) is 38.3 Å². The van der Waals surface area contributed by atoms with E-state index in [4.69, 9.17) is 24.3 Å². The third kappa shape index (κ3) is 18.9. The van der Waals surface area contributed by atoms with Crippen molar-refractivity contribution in [3.63, 3.8) is 0 Å². The number of hydrogen-bond donors (Lipinski definition) is 0. The van der Waals surface area contributed by atoms with Crippen molar-refractivity contribution in [3.05, 3.63) is 0 Å². The second-order valence-corrected chi connectivity index (χ2v) is 18.1. The van der Waals surface area contributed by atoms with Crippen molar-refractivity contribution < 1.29 is 38.0 Å². The molecular formula is C24H54AlO9P3. The first-order chi connectivity index (χ1) is 17.6. The molecule has 0 rings (SSSR count). The molecule has 0 radical (unpaired) electrons. The van der Waals surface area contributed by atoms with Gasteiger partial charge in [0.1, 0.15) is 0 Å². The fraction of sp³-hybridized carbons (Fsp3) is 1.00. The summed E-state index contributed by atoms with van der Waals surface area (Å²) < 4.78 is 76.4. The molecule has 0 saturated heterocycles. The molecule has 0 fully saturated rings. The van der Waals surface area contributed by atoms with E-state index < -0.39 is 37.9 Å². The van der Waals surface area contributed by atoms with Crippen LogP contribution in [0.3, 0.4) is 0 Å². The molecule has 0 N–H and O–H groups in total. The molecule has 0 aromatic rings. The van der Waals surface area contributed by atoms with Crippen LogP contribution in [0, 0.1) is 0 Å². The Morgan fingerprint density at radius 3 is 0.892 bits per heavy atom. The molecule has 0 aliphatic rings. The van der Waals surface area contributed by atoms with Crippen molar-refractivity contribution in [2.24, 2.45) is 0 Å². The summed E-state index contributed by atoms with van der Waals surface area (Å²) >= 11 is -3.56. The number of unbranched alkanes of at least 4 members (excludes halogenated alkanes) is 6. The van der Waals surface area contributed by atoms with E-state index in [0.29, 0.717) is 19.3 Å². The largest absolute Gasteiger partial charge is 0.926 e. The second-order valence-electron chi connectivity index (χ2n) is 9.23. The predicted molar refractivity (Wildman–Crippen MR) is 154 cm³/mol. The molecule has 0 amide bonds. The van der Waals surface area contributed by atoms with Crippen molar-refractivity contribution in [2.45, 2.75) is 119 Å². The Labute approximate surface area is 232 Å². The van der Waals surface area contributed by atoms with Gasteiger partial charge in [-0.05, 0) is 38.5 Å². The van der Waals surface area contributed by atoms with Gasteiger partial charge in [-0.25, -0.2) is 0 Å². The maximum absolute atomic E-state index is 13.7. The summed E-state index contributed by atoms with van der Waals surface area (Å²) in [4.78, 5) is 0. The van der Waals surface area contributed by atoms with Gasteiger partial charge in [0.25, 0.3) is 0 Å². The zero-order valence-electron chi connectivity index (χ0n) is 24.3.